The van der Waals surface area contributed by atoms with Gasteiger partial charge in [0.2, 0.25) is 0 Å². The Labute approximate surface area is 107 Å². The maximum atomic E-state index is 4.34. The number of pyridine rings is 1. The maximum absolute atomic E-state index is 4.34. The number of rotatable bonds is 3. The molecule has 2 aromatic heterocycles. The van der Waals surface area contributed by atoms with Crippen LogP contribution < -0.4 is 10.2 Å². The highest BCUT2D eigenvalue weighted by molar-refractivity contribution is 5.54. The van der Waals surface area contributed by atoms with Crippen LogP contribution in [-0.2, 0) is 0 Å². The molecule has 1 N–H and O–H groups in total. The van der Waals surface area contributed by atoms with Crippen molar-refractivity contribution >= 4 is 11.5 Å². The standard InChI is InChI=1S/C13H19N5/c1-10-6-12-15-9-16-18(12)13(7-10)17-5-3-4-11(17)8-14-2/h6-7,9,11,14H,3-5,8H2,1-2H3. The number of likely N-dealkylation sites (N-methyl/N-ethyl adjacent to an activating group) is 1. The summed E-state index contributed by atoms with van der Waals surface area (Å²) in [5.41, 5.74) is 2.17. The topological polar surface area (TPSA) is 45.5 Å². The molecule has 1 unspecified atom stereocenters. The molecule has 2 aromatic rings. The quantitative estimate of drug-likeness (QED) is 0.883. The molecule has 0 saturated carbocycles. The van der Waals surface area contributed by atoms with Gasteiger partial charge in [0.25, 0.3) is 0 Å². The number of hydrogen-bond donors (Lipinski definition) is 1. The minimum Gasteiger partial charge on any atom is -0.352 e. The lowest BCUT2D eigenvalue weighted by atomic mass is 10.2. The van der Waals surface area contributed by atoms with E-state index in [1.54, 1.807) is 6.33 Å². The number of fused-ring (bicyclic) bond motifs is 1. The van der Waals surface area contributed by atoms with E-state index >= 15 is 0 Å². The third-order valence-electron chi connectivity index (χ3n) is 3.62. The van der Waals surface area contributed by atoms with E-state index in [0.717, 1.165) is 18.7 Å². The van der Waals surface area contributed by atoms with Crippen molar-refractivity contribution in [2.45, 2.75) is 25.8 Å². The molecule has 1 atom stereocenters. The third kappa shape index (κ3) is 1.84. The summed E-state index contributed by atoms with van der Waals surface area (Å²) in [6, 6.07) is 4.83. The average Bonchev–Trinajstić information content (AvgIpc) is 2.96. The van der Waals surface area contributed by atoms with Crippen molar-refractivity contribution in [2.75, 3.05) is 25.0 Å². The Balaban J connectivity index is 2.04. The number of aryl methyl sites for hydroxylation is 1. The molecule has 96 valence electrons. The van der Waals surface area contributed by atoms with Crippen LogP contribution in [0.3, 0.4) is 0 Å². The first-order valence-corrected chi connectivity index (χ1v) is 6.51. The second-order valence-corrected chi connectivity index (χ2v) is 4.97. The van der Waals surface area contributed by atoms with Gasteiger partial charge >= 0.3 is 0 Å². The van der Waals surface area contributed by atoms with Crippen LogP contribution in [-0.4, -0.2) is 40.8 Å². The molecular weight excluding hydrogens is 226 g/mol. The molecule has 0 aromatic carbocycles. The van der Waals surface area contributed by atoms with Gasteiger partial charge in [-0.05, 0) is 44.5 Å². The summed E-state index contributed by atoms with van der Waals surface area (Å²) in [5, 5.41) is 7.62. The van der Waals surface area contributed by atoms with Crippen LogP contribution in [0.25, 0.3) is 5.65 Å². The highest BCUT2D eigenvalue weighted by Gasteiger charge is 2.26. The maximum Gasteiger partial charge on any atom is 0.157 e. The zero-order valence-corrected chi connectivity index (χ0v) is 10.9. The number of nitrogens with zero attached hydrogens (tertiary/aromatic N) is 4. The van der Waals surface area contributed by atoms with Crippen LogP contribution in [0, 0.1) is 6.92 Å². The smallest absolute Gasteiger partial charge is 0.157 e. The molecule has 1 saturated heterocycles. The van der Waals surface area contributed by atoms with Gasteiger partial charge < -0.3 is 10.2 Å². The number of anilines is 1. The lowest BCUT2D eigenvalue weighted by Crippen LogP contribution is -2.37. The summed E-state index contributed by atoms with van der Waals surface area (Å²) in [7, 11) is 2.01. The van der Waals surface area contributed by atoms with Gasteiger partial charge in [-0.3, -0.25) is 0 Å². The Morgan fingerprint density at radius 1 is 1.44 bits per heavy atom. The zero-order chi connectivity index (χ0) is 12.5. The number of hydrogen-bond acceptors (Lipinski definition) is 4. The number of nitrogens with one attached hydrogen (secondary N) is 1. The summed E-state index contributed by atoms with van der Waals surface area (Å²) < 4.78 is 1.95. The second kappa shape index (κ2) is 4.57. The lowest BCUT2D eigenvalue weighted by Gasteiger charge is -2.27. The first-order chi connectivity index (χ1) is 8.79. The summed E-state index contributed by atoms with van der Waals surface area (Å²) in [6.45, 7) is 4.23. The van der Waals surface area contributed by atoms with E-state index in [4.69, 9.17) is 0 Å². The van der Waals surface area contributed by atoms with Crippen LogP contribution >= 0.6 is 0 Å². The molecule has 5 nitrogen and oxygen atoms in total. The van der Waals surface area contributed by atoms with Crippen molar-refractivity contribution in [1.29, 1.82) is 0 Å². The van der Waals surface area contributed by atoms with E-state index < -0.39 is 0 Å². The Morgan fingerprint density at radius 2 is 2.33 bits per heavy atom. The molecule has 1 aliphatic rings. The van der Waals surface area contributed by atoms with Gasteiger partial charge in [-0.25, -0.2) is 4.98 Å². The molecule has 0 amide bonds. The minimum atomic E-state index is 0.559. The molecule has 5 heteroatoms. The van der Waals surface area contributed by atoms with Crippen molar-refractivity contribution in [1.82, 2.24) is 19.9 Å². The second-order valence-electron chi connectivity index (χ2n) is 4.97. The summed E-state index contributed by atoms with van der Waals surface area (Å²) >= 11 is 0. The van der Waals surface area contributed by atoms with E-state index in [1.807, 2.05) is 11.6 Å². The summed E-state index contributed by atoms with van der Waals surface area (Å²) in [6.07, 6.45) is 4.11. The van der Waals surface area contributed by atoms with Gasteiger partial charge in [0.15, 0.2) is 5.65 Å². The largest absolute Gasteiger partial charge is 0.352 e. The molecular formula is C13H19N5. The summed E-state index contributed by atoms with van der Waals surface area (Å²) in [4.78, 5) is 6.74. The van der Waals surface area contributed by atoms with E-state index in [0.29, 0.717) is 6.04 Å². The van der Waals surface area contributed by atoms with Crippen molar-refractivity contribution in [3.05, 3.63) is 24.0 Å². The van der Waals surface area contributed by atoms with E-state index in [2.05, 4.69) is 39.4 Å². The fourth-order valence-electron chi connectivity index (χ4n) is 2.83. The fraction of sp³-hybridized carbons (Fsp3) is 0.538. The highest BCUT2D eigenvalue weighted by Crippen LogP contribution is 2.26. The zero-order valence-electron chi connectivity index (χ0n) is 10.9. The van der Waals surface area contributed by atoms with E-state index in [9.17, 15) is 0 Å². The fourth-order valence-corrected chi connectivity index (χ4v) is 2.83. The van der Waals surface area contributed by atoms with Crippen molar-refractivity contribution < 1.29 is 0 Å². The minimum absolute atomic E-state index is 0.559. The highest BCUT2D eigenvalue weighted by atomic mass is 15.4. The molecule has 0 radical (unpaired) electrons. The van der Waals surface area contributed by atoms with Crippen molar-refractivity contribution in [2.24, 2.45) is 0 Å². The van der Waals surface area contributed by atoms with Crippen LogP contribution in [0.2, 0.25) is 0 Å². The predicted octanol–water partition coefficient (Wildman–Crippen LogP) is 1.23. The predicted molar refractivity (Wildman–Crippen MR) is 72.0 cm³/mol. The Hall–Kier alpha value is -1.62. The number of aromatic nitrogens is 3. The van der Waals surface area contributed by atoms with Gasteiger partial charge in [0.05, 0.1) is 0 Å². The normalized spacial score (nSPS) is 19.9. The van der Waals surface area contributed by atoms with Crippen LogP contribution in [0.5, 0.6) is 0 Å². The van der Waals surface area contributed by atoms with Gasteiger partial charge in [0, 0.05) is 19.1 Å². The Kier molecular flexibility index (Phi) is 2.91. The molecule has 0 aliphatic carbocycles. The lowest BCUT2D eigenvalue weighted by molar-refractivity contribution is 0.607. The molecule has 0 bridgehead atoms. The van der Waals surface area contributed by atoms with Gasteiger partial charge in [-0.1, -0.05) is 0 Å². The van der Waals surface area contributed by atoms with Crippen molar-refractivity contribution in [3.8, 4) is 0 Å². The SMILES string of the molecule is CNCC1CCCN1c1cc(C)cc2ncnn12. The van der Waals surface area contributed by atoms with Crippen LogP contribution in [0.4, 0.5) is 5.82 Å². The van der Waals surface area contributed by atoms with Gasteiger partial charge in [-0.2, -0.15) is 9.61 Å². The monoisotopic (exact) mass is 245 g/mol. The molecule has 1 aliphatic heterocycles. The van der Waals surface area contributed by atoms with E-state index in [1.165, 1.54) is 24.2 Å². The van der Waals surface area contributed by atoms with Gasteiger partial charge in [0.1, 0.15) is 12.1 Å². The van der Waals surface area contributed by atoms with E-state index in [-0.39, 0.29) is 0 Å². The van der Waals surface area contributed by atoms with Crippen LogP contribution in [0.15, 0.2) is 18.5 Å². The Morgan fingerprint density at radius 3 is 3.17 bits per heavy atom. The first-order valence-electron chi connectivity index (χ1n) is 6.51. The summed E-state index contributed by atoms with van der Waals surface area (Å²) in [5.74, 6) is 1.17. The molecule has 0 spiro atoms. The molecule has 3 heterocycles. The van der Waals surface area contributed by atoms with Crippen LogP contribution in [0.1, 0.15) is 18.4 Å². The Bertz CT molecular complexity index is 547. The average molecular weight is 245 g/mol. The van der Waals surface area contributed by atoms with Gasteiger partial charge in [-0.15, -0.1) is 0 Å². The molecule has 18 heavy (non-hydrogen) atoms. The first kappa shape index (κ1) is 11.5. The third-order valence-corrected chi connectivity index (χ3v) is 3.62. The molecule has 3 rings (SSSR count). The van der Waals surface area contributed by atoms with Crippen molar-refractivity contribution in [3.63, 3.8) is 0 Å². The molecule has 1 fully saturated rings.